The Bertz CT molecular complexity index is 700. The van der Waals surface area contributed by atoms with E-state index in [0.717, 1.165) is 6.42 Å². The number of hydrogen-bond acceptors (Lipinski definition) is 4. The van der Waals surface area contributed by atoms with Crippen molar-refractivity contribution in [3.05, 3.63) is 66.5 Å². The topological polar surface area (TPSA) is 71.5 Å². The number of nitrogens with zero attached hydrogens (tertiary/aromatic N) is 1. The zero-order valence-corrected chi connectivity index (χ0v) is 12.6. The van der Waals surface area contributed by atoms with E-state index in [4.69, 9.17) is 9.84 Å². The molecule has 5 nitrogen and oxygen atoms in total. The Morgan fingerprint density at radius 3 is 2.78 bits per heavy atom. The minimum absolute atomic E-state index is 0.0376. The van der Waals surface area contributed by atoms with Gasteiger partial charge in [0.05, 0.1) is 0 Å². The molecular weight excluding hydrogens is 292 g/mol. The predicted molar refractivity (Wildman–Crippen MR) is 86.3 cm³/mol. The Morgan fingerprint density at radius 2 is 2.04 bits per heavy atom. The quantitative estimate of drug-likeness (QED) is 0.833. The van der Waals surface area contributed by atoms with E-state index in [2.05, 4.69) is 10.3 Å². The number of nitrogens with one attached hydrogen (secondary N) is 1. The Labute approximate surface area is 134 Å². The molecule has 2 aromatic rings. The molecule has 0 spiro atoms. The van der Waals surface area contributed by atoms with Gasteiger partial charge in [-0.25, -0.2) is 0 Å². The highest BCUT2D eigenvalue weighted by Gasteiger charge is 2.20. The molecule has 2 atom stereocenters. The van der Waals surface area contributed by atoms with Gasteiger partial charge in [0.1, 0.15) is 11.5 Å². The Morgan fingerprint density at radius 1 is 1.22 bits per heavy atom. The maximum absolute atomic E-state index is 12.3. The van der Waals surface area contributed by atoms with Gasteiger partial charge in [-0.15, -0.1) is 0 Å². The number of carbonyl (C=O) groups is 1. The number of benzene rings is 1. The fourth-order valence-electron chi connectivity index (χ4n) is 2.51. The molecule has 1 heterocycles. The smallest absolute Gasteiger partial charge is 0.251 e. The van der Waals surface area contributed by atoms with Crippen molar-refractivity contribution in [3.8, 4) is 11.5 Å². The Kier molecular flexibility index (Phi) is 4.68. The van der Waals surface area contributed by atoms with Crippen LogP contribution in [0.3, 0.4) is 0 Å². The highest BCUT2D eigenvalue weighted by Crippen LogP contribution is 2.22. The van der Waals surface area contributed by atoms with Crippen molar-refractivity contribution in [2.24, 2.45) is 5.92 Å². The summed E-state index contributed by atoms with van der Waals surface area (Å²) in [7, 11) is 0. The second-order valence-electron chi connectivity index (χ2n) is 5.46. The van der Waals surface area contributed by atoms with Crippen LogP contribution in [0.15, 0.2) is 60.9 Å². The molecule has 3 rings (SSSR count). The first-order valence-corrected chi connectivity index (χ1v) is 7.52. The van der Waals surface area contributed by atoms with Gasteiger partial charge in [-0.05, 0) is 36.8 Å². The summed E-state index contributed by atoms with van der Waals surface area (Å²) < 4.78 is 5.71. The Balaban J connectivity index is 1.65. The molecule has 1 aliphatic rings. The van der Waals surface area contributed by atoms with Crippen LogP contribution in [0.2, 0.25) is 0 Å². The van der Waals surface area contributed by atoms with Gasteiger partial charge in [-0.2, -0.15) is 0 Å². The van der Waals surface area contributed by atoms with Crippen LogP contribution in [-0.4, -0.2) is 28.6 Å². The highest BCUT2D eigenvalue weighted by atomic mass is 16.5. The lowest BCUT2D eigenvalue weighted by Crippen LogP contribution is -2.32. The van der Waals surface area contributed by atoms with E-state index in [0.29, 0.717) is 17.1 Å². The van der Waals surface area contributed by atoms with Gasteiger partial charge < -0.3 is 15.2 Å². The third-order valence-electron chi connectivity index (χ3n) is 3.70. The third-order valence-corrected chi connectivity index (χ3v) is 3.70. The third kappa shape index (κ3) is 3.96. The monoisotopic (exact) mass is 310 g/mol. The van der Waals surface area contributed by atoms with Crippen LogP contribution < -0.4 is 10.1 Å². The number of hydrogen-bond donors (Lipinski definition) is 2. The molecule has 5 heteroatoms. The van der Waals surface area contributed by atoms with Gasteiger partial charge in [0.2, 0.25) is 0 Å². The van der Waals surface area contributed by atoms with Crippen LogP contribution in [0.1, 0.15) is 16.8 Å². The number of carbonyl (C=O) groups excluding carboxylic acids is 1. The molecular formula is C18H18N2O3. The number of pyridine rings is 1. The molecule has 0 fully saturated rings. The van der Waals surface area contributed by atoms with E-state index < -0.39 is 0 Å². The van der Waals surface area contributed by atoms with Crippen molar-refractivity contribution in [2.75, 3.05) is 6.61 Å². The predicted octanol–water partition coefficient (Wildman–Crippen LogP) is 2.54. The fourth-order valence-corrected chi connectivity index (χ4v) is 2.51. The van der Waals surface area contributed by atoms with Gasteiger partial charge in [-0.1, -0.05) is 18.2 Å². The lowest BCUT2D eigenvalue weighted by Gasteiger charge is -2.13. The van der Waals surface area contributed by atoms with Gasteiger partial charge in [-0.3, -0.25) is 9.78 Å². The minimum atomic E-state index is -0.154. The largest absolute Gasteiger partial charge is 0.457 e. The number of rotatable bonds is 5. The van der Waals surface area contributed by atoms with Crippen LogP contribution in [0.5, 0.6) is 11.5 Å². The second kappa shape index (κ2) is 7.07. The molecule has 1 amide bonds. The average molecular weight is 310 g/mol. The van der Waals surface area contributed by atoms with Gasteiger partial charge in [0.25, 0.3) is 5.91 Å². The standard InChI is InChI=1S/C18H18N2O3/c21-12-13-4-5-15(10-13)20-18(22)14-2-1-3-17(11-14)23-16-6-8-19-9-7-16/h1-9,11,13,15,21H,10,12H2,(H,20,22)/t13-,15+/m0/s1. The highest BCUT2D eigenvalue weighted by molar-refractivity contribution is 5.94. The maximum Gasteiger partial charge on any atom is 0.251 e. The SMILES string of the molecule is O=C(N[C@@H]1C=C[C@H](CO)C1)c1cccc(Oc2ccncc2)c1. The number of aromatic nitrogens is 1. The van der Waals surface area contributed by atoms with Crippen molar-refractivity contribution in [3.63, 3.8) is 0 Å². The number of aliphatic hydroxyl groups is 1. The normalized spacial score (nSPS) is 19.5. The van der Waals surface area contributed by atoms with Crippen LogP contribution in [0.4, 0.5) is 0 Å². The van der Waals surface area contributed by atoms with Crippen LogP contribution in [0.25, 0.3) is 0 Å². The summed E-state index contributed by atoms with van der Waals surface area (Å²) in [6.07, 6.45) is 7.89. The number of ether oxygens (including phenoxy) is 1. The van der Waals surface area contributed by atoms with Crippen molar-refractivity contribution in [1.29, 1.82) is 0 Å². The van der Waals surface area contributed by atoms with E-state index >= 15 is 0 Å². The summed E-state index contributed by atoms with van der Waals surface area (Å²) in [6, 6.07) is 10.5. The molecule has 23 heavy (non-hydrogen) atoms. The first-order valence-electron chi connectivity index (χ1n) is 7.52. The molecule has 2 N–H and O–H groups in total. The van der Waals surface area contributed by atoms with Crippen molar-refractivity contribution in [2.45, 2.75) is 12.5 Å². The molecule has 0 unspecified atom stereocenters. The average Bonchev–Trinajstić information content (AvgIpc) is 3.03. The molecule has 0 saturated carbocycles. The van der Waals surface area contributed by atoms with Crippen molar-refractivity contribution < 1.29 is 14.6 Å². The van der Waals surface area contributed by atoms with E-state index in [1.54, 1.807) is 48.8 Å². The molecule has 1 aromatic carbocycles. The summed E-state index contributed by atoms with van der Waals surface area (Å²) in [4.78, 5) is 16.3. The summed E-state index contributed by atoms with van der Waals surface area (Å²) in [5.74, 6) is 1.24. The van der Waals surface area contributed by atoms with Crippen LogP contribution >= 0.6 is 0 Å². The van der Waals surface area contributed by atoms with E-state index in [1.807, 2.05) is 12.2 Å². The fraction of sp³-hybridized carbons (Fsp3) is 0.222. The second-order valence-corrected chi connectivity index (χ2v) is 5.46. The lowest BCUT2D eigenvalue weighted by molar-refractivity contribution is 0.0941. The molecule has 0 bridgehead atoms. The molecule has 0 aliphatic heterocycles. The molecule has 0 saturated heterocycles. The summed E-state index contributed by atoms with van der Waals surface area (Å²) >= 11 is 0. The molecule has 118 valence electrons. The molecule has 1 aliphatic carbocycles. The van der Waals surface area contributed by atoms with E-state index in [1.165, 1.54) is 0 Å². The maximum atomic E-state index is 12.3. The number of aliphatic hydroxyl groups excluding tert-OH is 1. The van der Waals surface area contributed by atoms with E-state index in [-0.39, 0.29) is 24.5 Å². The Hall–Kier alpha value is -2.66. The first-order chi connectivity index (χ1) is 11.2. The molecule has 1 aromatic heterocycles. The van der Waals surface area contributed by atoms with Gasteiger partial charge in [0, 0.05) is 36.5 Å². The molecule has 0 radical (unpaired) electrons. The summed E-state index contributed by atoms with van der Waals surface area (Å²) in [5, 5.41) is 12.1. The summed E-state index contributed by atoms with van der Waals surface area (Å²) in [5.41, 5.74) is 0.539. The first kappa shape index (κ1) is 15.2. The van der Waals surface area contributed by atoms with Crippen molar-refractivity contribution in [1.82, 2.24) is 10.3 Å². The van der Waals surface area contributed by atoms with E-state index in [9.17, 15) is 4.79 Å². The van der Waals surface area contributed by atoms with Crippen molar-refractivity contribution >= 4 is 5.91 Å². The van der Waals surface area contributed by atoms with Crippen LogP contribution in [-0.2, 0) is 0 Å². The zero-order valence-electron chi connectivity index (χ0n) is 12.6. The van der Waals surface area contributed by atoms with Gasteiger partial charge in [0.15, 0.2) is 0 Å². The van der Waals surface area contributed by atoms with Crippen LogP contribution in [0, 0.1) is 5.92 Å². The zero-order chi connectivity index (χ0) is 16.1. The minimum Gasteiger partial charge on any atom is -0.457 e. The summed E-state index contributed by atoms with van der Waals surface area (Å²) in [6.45, 7) is 0.109. The van der Waals surface area contributed by atoms with Gasteiger partial charge >= 0.3 is 0 Å². The lowest BCUT2D eigenvalue weighted by atomic mass is 10.1. The number of amides is 1.